The second-order valence-corrected chi connectivity index (χ2v) is 3.62. The molecule has 4 N–H and O–H groups in total. The molecule has 0 spiro atoms. The van der Waals surface area contributed by atoms with Gasteiger partial charge in [0.05, 0.1) is 0 Å². The fourth-order valence-corrected chi connectivity index (χ4v) is 1.47. The van der Waals surface area contributed by atoms with Gasteiger partial charge >= 0.3 is 0 Å². The molecular formula is C8H15N3O2. The third-order valence-corrected chi connectivity index (χ3v) is 2.19. The summed E-state index contributed by atoms with van der Waals surface area (Å²) in [6.45, 7) is 2.92. The summed E-state index contributed by atoms with van der Waals surface area (Å²) >= 11 is 0. The van der Waals surface area contributed by atoms with Crippen LogP contribution in [0, 0.1) is 5.92 Å². The molecule has 1 rings (SSSR count). The molecule has 1 aliphatic heterocycles. The number of primary amides is 1. The van der Waals surface area contributed by atoms with E-state index in [2.05, 4.69) is 0 Å². The fraction of sp³-hybridized carbons (Fsp3) is 0.750. The van der Waals surface area contributed by atoms with Crippen LogP contribution < -0.4 is 11.5 Å². The first-order valence-electron chi connectivity index (χ1n) is 4.33. The van der Waals surface area contributed by atoms with E-state index >= 15 is 0 Å². The standard InChI is InChI=1S/C8H15N3O2/c1-5-2-7(12)11(3-5)4-6(9)8(10)13/h5-6H,2-4,9H2,1H3,(H2,10,13). The number of carbonyl (C=O) groups is 2. The monoisotopic (exact) mass is 185 g/mol. The third-order valence-electron chi connectivity index (χ3n) is 2.19. The molecule has 0 saturated carbocycles. The Hall–Kier alpha value is -1.10. The van der Waals surface area contributed by atoms with Crippen LogP contribution in [-0.4, -0.2) is 35.8 Å². The first-order chi connectivity index (χ1) is 6.00. The normalized spacial score (nSPS) is 24.9. The average molecular weight is 185 g/mol. The smallest absolute Gasteiger partial charge is 0.236 e. The molecule has 5 nitrogen and oxygen atoms in total. The van der Waals surface area contributed by atoms with E-state index in [1.54, 1.807) is 4.90 Å². The van der Waals surface area contributed by atoms with Gasteiger partial charge in [-0.25, -0.2) is 0 Å². The molecule has 0 bridgehead atoms. The van der Waals surface area contributed by atoms with Crippen molar-refractivity contribution in [2.45, 2.75) is 19.4 Å². The average Bonchev–Trinajstić information content (AvgIpc) is 2.30. The summed E-state index contributed by atoms with van der Waals surface area (Å²) < 4.78 is 0. The van der Waals surface area contributed by atoms with Crippen molar-refractivity contribution < 1.29 is 9.59 Å². The molecule has 5 heteroatoms. The Labute approximate surface area is 77.1 Å². The van der Waals surface area contributed by atoms with Crippen molar-refractivity contribution in [3.8, 4) is 0 Å². The summed E-state index contributed by atoms with van der Waals surface area (Å²) in [7, 11) is 0. The Kier molecular flexibility index (Phi) is 2.87. The van der Waals surface area contributed by atoms with Crippen LogP contribution >= 0.6 is 0 Å². The molecule has 2 amide bonds. The maximum absolute atomic E-state index is 11.3. The Bertz CT molecular complexity index is 229. The first kappa shape index (κ1) is 9.98. The van der Waals surface area contributed by atoms with Gasteiger partial charge in [0.1, 0.15) is 6.04 Å². The lowest BCUT2D eigenvalue weighted by atomic mass is 10.2. The summed E-state index contributed by atoms with van der Waals surface area (Å²) in [5.41, 5.74) is 10.4. The summed E-state index contributed by atoms with van der Waals surface area (Å²) in [4.78, 5) is 23.5. The van der Waals surface area contributed by atoms with Gasteiger partial charge in [0.25, 0.3) is 0 Å². The lowest BCUT2D eigenvalue weighted by molar-refractivity contribution is -0.128. The van der Waals surface area contributed by atoms with Crippen molar-refractivity contribution in [1.82, 2.24) is 4.90 Å². The zero-order valence-electron chi connectivity index (χ0n) is 7.69. The minimum absolute atomic E-state index is 0.0594. The van der Waals surface area contributed by atoms with Gasteiger partial charge in [-0.1, -0.05) is 6.92 Å². The molecule has 0 radical (unpaired) electrons. The van der Waals surface area contributed by atoms with Crippen LogP contribution in [-0.2, 0) is 9.59 Å². The van der Waals surface area contributed by atoms with E-state index in [4.69, 9.17) is 11.5 Å². The first-order valence-corrected chi connectivity index (χ1v) is 4.33. The van der Waals surface area contributed by atoms with E-state index in [0.717, 1.165) is 0 Å². The van der Waals surface area contributed by atoms with Crippen LogP contribution in [0.4, 0.5) is 0 Å². The predicted octanol–water partition coefficient (Wildman–Crippen LogP) is -1.33. The van der Waals surface area contributed by atoms with Crippen LogP contribution in [0.25, 0.3) is 0 Å². The highest BCUT2D eigenvalue weighted by molar-refractivity contribution is 5.82. The highest BCUT2D eigenvalue weighted by atomic mass is 16.2. The lowest BCUT2D eigenvalue weighted by Gasteiger charge is -2.18. The van der Waals surface area contributed by atoms with Crippen molar-refractivity contribution >= 4 is 11.8 Å². The number of rotatable bonds is 3. The molecule has 2 atom stereocenters. The summed E-state index contributed by atoms with van der Waals surface area (Å²) in [5, 5.41) is 0. The van der Waals surface area contributed by atoms with Crippen LogP contribution in [0.15, 0.2) is 0 Å². The van der Waals surface area contributed by atoms with Crippen LogP contribution in [0.2, 0.25) is 0 Å². The summed E-state index contributed by atoms with van der Waals surface area (Å²) in [6, 6.07) is -0.741. The molecular weight excluding hydrogens is 170 g/mol. The van der Waals surface area contributed by atoms with E-state index in [0.29, 0.717) is 18.9 Å². The van der Waals surface area contributed by atoms with E-state index in [1.807, 2.05) is 6.92 Å². The fourth-order valence-electron chi connectivity index (χ4n) is 1.47. The molecule has 0 aliphatic carbocycles. The number of hydrogen-bond donors (Lipinski definition) is 2. The summed E-state index contributed by atoms with van der Waals surface area (Å²) in [5.74, 6) is -0.149. The van der Waals surface area contributed by atoms with Gasteiger partial charge in [-0.3, -0.25) is 9.59 Å². The number of likely N-dealkylation sites (tertiary alicyclic amines) is 1. The number of hydrogen-bond acceptors (Lipinski definition) is 3. The largest absolute Gasteiger partial charge is 0.368 e. The van der Waals surface area contributed by atoms with Gasteiger partial charge in [-0.2, -0.15) is 0 Å². The van der Waals surface area contributed by atoms with Crippen molar-refractivity contribution in [2.75, 3.05) is 13.1 Å². The van der Waals surface area contributed by atoms with Crippen molar-refractivity contribution in [3.63, 3.8) is 0 Å². The van der Waals surface area contributed by atoms with Crippen molar-refractivity contribution in [1.29, 1.82) is 0 Å². The Morgan fingerprint density at radius 2 is 2.38 bits per heavy atom. The summed E-state index contributed by atoms with van der Waals surface area (Å²) in [6.07, 6.45) is 0.547. The van der Waals surface area contributed by atoms with Crippen LogP contribution in [0.3, 0.4) is 0 Å². The van der Waals surface area contributed by atoms with Crippen molar-refractivity contribution in [3.05, 3.63) is 0 Å². The van der Waals surface area contributed by atoms with E-state index in [-0.39, 0.29) is 12.5 Å². The highest BCUT2D eigenvalue weighted by Crippen LogP contribution is 2.16. The molecule has 0 aromatic heterocycles. The third kappa shape index (κ3) is 2.42. The minimum atomic E-state index is -0.741. The molecule has 2 unspecified atom stereocenters. The molecule has 0 aromatic carbocycles. The molecule has 74 valence electrons. The quantitative estimate of drug-likeness (QED) is 0.570. The van der Waals surface area contributed by atoms with Gasteiger partial charge < -0.3 is 16.4 Å². The van der Waals surface area contributed by atoms with E-state index < -0.39 is 11.9 Å². The van der Waals surface area contributed by atoms with E-state index in [9.17, 15) is 9.59 Å². The molecule has 0 aromatic rings. The molecule has 1 heterocycles. The second kappa shape index (κ2) is 3.74. The van der Waals surface area contributed by atoms with Gasteiger partial charge in [-0.15, -0.1) is 0 Å². The maximum atomic E-state index is 11.3. The maximum Gasteiger partial charge on any atom is 0.236 e. The van der Waals surface area contributed by atoms with Gasteiger partial charge in [-0.05, 0) is 5.92 Å². The van der Waals surface area contributed by atoms with Gasteiger partial charge in [0, 0.05) is 19.5 Å². The number of carbonyl (C=O) groups excluding carboxylic acids is 2. The van der Waals surface area contributed by atoms with Crippen LogP contribution in [0.1, 0.15) is 13.3 Å². The number of nitrogens with zero attached hydrogens (tertiary/aromatic N) is 1. The second-order valence-electron chi connectivity index (χ2n) is 3.62. The topological polar surface area (TPSA) is 89.4 Å². The van der Waals surface area contributed by atoms with Gasteiger partial charge in [0.15, 0.2) is 0 Å². The highest BCUT2D eigenvalue weighted by Gasteiger charge is 2.28. The van der Waals surface area contributed by atoms with Crippen molar-refractivity contribution in [2.24, 2.45) is 17.4 Å². The lowest BCUT2D eigenvalue weighted by Crippen LogP contribution is -2.46. The Morgan fingerprint density at radius 3 is 2.77 bits per heavy atom. The predicted molar refractivity (Wildman–Crippen MR) is 47.5 cm³/mol. The molecule has 1 saturated heterocycles. The zero-order chi connectivity index (χ0) is 10.0. The van der Waals surface area contributed by atoms with E-state index in [1.165, 1.54) is 0 Å². The number of nitrogens with two attached hydrogens (primary N) is 2. The zero-order valence-corrected chi connectivity index (χ0v) is 7.69. The van der Waals surface area contributed by atoms with Gasteiger partial charge in [0.2, 0.25) is 11.8 Å². The molecule has 1 fully saturated rings. The molecule has 13 heavy (non-hydrogen) atoms. The SMILES string of the molecule is CC1CC(=O)N(CC(N)C(N)=O)C1. The Morgan fingerprint density at radius 1 is 1.77 bits per heavy atom. The Balaban J connectivity index is 2.46. The number of amides is 2. The minimum Gasteiger partial charge on any atom is -0.368 e. The van der Waals surface area contributed by atoms with Crippen LogP contribution in [0.5, 0.6) is 0 Å². The molecule has 1 aliphatic rings.